The zero-order valence-corrected chi connectivity index (χ0v) is 7.88. The number of nitrogens with two attached hydrogens (primary N) is 1. The lowest BCUT2D eigenvalue weighted by atomic mass is 10.3. The van der Waals surface area contributed by atoms with Gasteiger partial charge in [0.15, 0.2) is 5.58 Å². The molecule has 0 aliphatic heterocycles. The minimum Gasteiger partial charge on any atom is -0.431 e. The lowest BCUT2D eigenvalue weighted by molar-refractivity contribution is 0.260. The van der Waals surface area contributed by atoms with E-state index in [0.29, 0.717) is 5.58 Å². The highest BCUT2D eigenvalue weighted by atomic mass is 32.2. The van der Waals surface area contributed by atoms with Crippen LogP contribution in [0.2, 0.25) is 0 Å². The average Bonchev–Trinajstić information content (AvgIpc) is 2.59. The first-order valence-electron chi connectivity index (χ1n) is 3.83. The number of thioether (sulfide) groups is 1. The number of rotatable bonds is 1. The minimum atomic E-state index is -0.406. The van der Waals surface area contributed by atoms with Crippen molar-refractivity contribution < 1.29 is 9.21 Å². The first-order chi connectivity index (χ1) is 6.79. The summed E-state index contributed by atoms with van der Waals surface area (Å²) in [6, 6.07) is 7.28. The van der Waals surface area contributed by atoms with Crippen LogP contribution in [0, 0.1) is 0 Å². The Hall–Kier alpha value is -1.53. The quantitative estimate of drug-likeness (QED) is 0.322. The number of hydrogen-bond acceptors (Lipinski definition) is 5. The number of aromatic nitrogens is 1. The number of nitrogens with zero attached hydrogens (tertiary/aromatic N) is 1. The second-order valence-corrected chi connectivity index (χ2v) is 3.41. The molecule has 2 aromatic rings. The largest absolute Gasteiger partial charge is 0.431 e. The summed E-state index contributed by atoms with van der Waals surface area (Å²) in [7, 11) is 0. The predicted octanol–water partition coefficient (Wildman–Crippen LogP) is 1.50. The Balaban J connectivity index is 2.31. The van der Waals surface area contributed by atoms with Gasteiger partial charge < -0.3 is 4.42 Å². The molecule has 1 aromatic heterocycles. The van der Waals surface area contributed by atoms with E-state index in [4.69, 9.17) is 10.3 Å². The molecule has 1 heterocycles. The summed E-state index contributed by atoms with van der Waals surface area (Å²) in [4.78, 5) is 15.0. The molecule has 0 atom stereocenters. The molecule has 6 heteroatoms. The van der Waals surface area contributed by atoms with E-state index in [2.05, 4.69) is 4.98 Å². The van der Waals surface area contributed by atoms with Gasteiger partial charge in [-0.05, 0) is 12.1 Å². The Morgan fingerprint density at radius 3 is 3.00 bits per heavy atom. The lowest BCUT2D eigenvalue weighted by Gasteiger charge is -1.91. The van der Waals surface area contributed by atoms with Crippen LogP contribution in [0.3, 0.4) is 0 Å². The fourth-order valence-corrected chi connectivity index (χ4v) is 1.50. The Morgan fingerprint density at radius 1 is 1.50 bits per heavy atom. The first kappa shape index (κ1) is 9.04. The summed E-state index contributed by atoms with van der Waals surface area (Å²) in [5, 5.41) is -0.120. The topological polar surface area (TPSA) is 81.1 Å². The molecule has 0 aliphatic carbocycles. The highest BCUT2D eigenvalue weighted by Gasteiger charge is 2.09. The number of hydrogen-bond donors (Lipinski definition) is 2. The lowest BCUT2D eigenvalue weighted by Crippen LogP contribution is -2.25. The predicted molar refractivity (Wildman–Crippen MR) is 52.6 cm³/mol. The van der Waals surface area contributed by atoms with Crippen molar-refractivity contribution in [3.8, 4) is 0 Å². The molecular formula is C8H7N3O2S. The van der Waals surface area contributed by atoms with E-state index in [0.717, 1.165) is 17.3 Å². The van der Waals surface area contributed by atoms with Crippen LogP contribution in [0.4, 0.5) is 4.79 Å². The standard InChI is InChI=1S/C8H7N3O2S/c9-11-7(12)14-8-10-5-3-1-2-4-6(5)13-8/h1-4H,9H2,(H,11,12). The molecule has 0 bridgehead atoms. The van der Waals surface area contributed by atoms with Gasteiger partial charge >= 0.3 is 5.24 Å². The Kier molecular flexibility index (Phi) is 2.38. The molecule has 1 amide bonds. The molecule has 1 aromatic carbocycles. The number of oxazole rings is 1. The van der Waals surface area contributed by atoms with E-state index in [-0.39, 0.29) is 5.22 Å². The minimum absolute atomic E-state index is 0.286. The van der Waals surface area contributed by atoms with Gasteiger partial charge in [0.05, 0.1) is 0 Å². The summed E-state index contributed by atoms with van der Waals surface area (Å²) >= 11 is 0.817. The number of carbonyl (C=O) groups is 1. The molecule has 3 N–H and O–H groups in total. The molecule has 2 rings (SSSR count). The van der Waals surface area contributed by atoms with Crippen molar-refractivity contribution in [2.24, 2.45) is 5.84 Å². The number of para-hydroxylation sites is 2. The number of benzene rings is 1. The normalized spacial score (nSPS) is 10.4. The smallest absolute Gasteiger partial charge is 0.302 e. The summed E-state index contributed by atoms with van der Waals surface area (Å²) in [6.45, 7) is 0. The third-order valence-electron chi connectivity index (χ3n) is 1.57. The van der Waals surface area contributed by atoms with E-state index in [1.54, 1.807) is 6.07 Å². The summed E-state index contributed by atoms with van der Waals surface area (Å²) < 4.78 is 5.28. The second-order valence-electron chi connectivity index (χ2n) is 2.48. The third-order valence-corrected chi connectivity index (χ3v) is 2.22. The maximum atomic E-state index is 10.9. The van der Waals surface area contributed by atoms with Crippen LogP contribution in [-0.4, -0.2) is 10.2 Å². The van der Waals surface area contributed by atoms with Gasteiger partial charge in [0, 0.05) is 11.8 Å². The average molecular weight is 209 g/mol. The van der Waals surface area contributed by atoms with Crippen LogP contribution in [0.15, 0.2) is 33.9 Å². The van der Waals surface area contributed by atoms with Gasteiger partial charge in [-0.15, -0.1) is 0 Å². The highest BCUT2D eigenvalue weighted by Crippen LogP contribution is 2.22. The third kappa shape index (κ3) is 1.70. The van der Waals surface area contributed by atoms with Gasteiger partial charge in [0.2, 0.25) is 0 Å². The van der Waals surface area contributed by atoms with Crippen molar-refractivity contribution in [1.29, 1.82) is 0 Å². The van der Waals surface area contributed by atoms with Crippen molar-refractivity contribution in [1.82, 2.24) is 10.4 Å². The monoisotopic (exact) mass is 209 g/mol. The fourth-order valence-electron chi connectivity index (χ4n) is 1.00. The van der Waals surface area contributed by atoms with Gasteiger partial charge in [-0.2, -0.15) is 0 Å². The van der Waals surface area contributed by atoms with E-state index in [1.807, 2.05) is 23.6 Å². The van der Waals surface area contributed by atoms with Crippen molar-refractivity contribution >= 4 is 28.1 Å². The van der Waals surface area contributed by atoms with Crippen LogP contribution in [0.5, 0.6) is 0 Å². The summed E-state index contributed by atoms with van der Waals surface area (Å²) in [5.41, 5.74) is 3.36. The summed E-state index contributed by atoms with van der Waals surface area (Å²) in [5.74, 6) is 4.92. The van der Waals surface area contributed by atoms with Crippen LogP contribution in [-0.2, 0) is 0 Å². The van der Waals surface area contributed by atoms with E-state index >= 15 is 0 Å². The van der Waals surface area contributed by atoms with Crippen LogP contribution >= 0.6 is 11.8 Å². The van der Waals surface area contributed by atoms with Crippen molar-refractivity contribution in [3.63, 3.8) is 0 Å². The molecule has 0 fully saturated rings. The first-order valence-corrected chi connectivity index (χ1v) is 4.65. The molecule has 0 aliphatic rings. The molecule has 14 heavy (non-hydrogen) atoms. The van der Waals surface area contributed by atoms with Gasteiger partial charge in [0.1, 0.15) is 5.52 Å². The number of amides is 1. The van der Waals surface area contributed by atoms with Gasteiger partial charge in [-0.25, -0.2) is 10.8 Å². The van der Waals surface area contributed by atoms with Crippen LogP contribution in [0.25, 0.3) is 11.1 Å². The molecule has 0 saturated carbocycles. The van der Waals surface area contributed by atoms with Crippen LogP contribution in [0.1, 0.15) is 0 Å². The number of fused-ring (bicyclic) bond motifs is 1. The number of nitrogens with one attached hydrogen (secondary N) is 1. The van der Waals surface area contributed by atoms with Crippen molar-refractivity contribution in [2.45, 2.75) is 5.22 Å². The Morgan fingerprint density at radius 2 is 2.29 bits per heavy atom. The zero-order valence-electron chi connectivity index (χ0n) is 7.06. The highest BCUT2D eigenvalue weighted by molar-refractivity contribution is 8.13. The number of hydrazine groups is 1. The molecule has 0 spiro atoms. The Bertz CT molecular complexity index is 435. The SMILES string of the molecule is NNC(=O)Sc1nc2ccccc2o1. The molecular weight excluding hydrogens is 202 g/mol. The maximum absolute atomic E-state index is 10.9. The van der Waals surface area contributed by atoms with Crippen molar-refractivity contribution in [3.05, 3.63) is 24.3 Å². The fraction of sp³-hybridized carbons (Fsp3) is 0. The maximum Gasteiger partial charge on any atom is 0.302 e. The molecule has 0 radical (unpaired) electrons. The summed E-state index contributed by atoms with van der Waals surface area (Å²) in [6.07, 6.45) is 0. The van der Waals surface area contributed by atoms with E-state index < -0.39 is 5.24 Å². The van der Waals surface area contributed by atoms with E-state index in [1.165, 1.54) is 0 Å². The zero-order chi connectivity index (χ0) is 9.97. The molecule has 72 valence electrons. The van der Waals surface area contributed by atoms with Gasteiger partial charge in [0.25, 0.3) is 5.22 Å². The second kappa shape index (κ2) is 3.69. The Labute approximate surface area is 83.6 Å². The van der Waals surface area contributed by atoms with Crippen LogP contribution < -0.4 is 11.3 Å². The molecule has 0 unspecified atom stereocenters. The van der Waals surface area contributed by atoms with Gasteiger partial charge in [-0.3, -0.25) is 10.2 Å². The number of carbonyl (C=O) groups excluding carboxylic acids is 1. The molecule has 5 nitrogen and oxygen atoms in total. The van der Waals surface area contributed by atoms with Gasteiger partial charge in [-0.1, -0.05) is 12.1 Å². The van der Waals surface area contributed by atoms with E-state index in [9.17, 15) is 4.79 Å². The molecule has 0 saturated heterocycles. The van der Waals surface area contributed by atoms with Crippen molar-refractivity contribution in [2.75, 3.05) is 0 Å².